The number of anilines is 1. The van der Waals surface area contributed by atoms with E-state index in [0.29, 0.717) is 0 Å². The Balaban J connectivity index is 2.21. The quantitative estimate of drug-likeness (QED) is 0.731. The summed E-state index contributed by atoms with van der Waals surface area (Å²) >= 11 is 1.71. The van der Waals surface area contributed by atoms with Gasteiger partial charge in [0.1, 0.15) is 0 Å². The van der Waals surface area contributed by atoms with Gasteiger partial charge in [-0.3, -0.25) is 4.40 Å². The average molecular weight is 229 g/mol. The Hall–Kier alpha value is -1.81. The molecule has 0 bridgehead atoms. The van der Waals surface area contributed by atoms with Crippen LogP contribution in [0.5, 0.6) is 0 Å². The van der Waals surface area contributed by atoms with Crippen molar-refractivity contribution in [3.05, 3.63) is 42.0 Å². The van der Waals surface area contributed by atoms with Crippen LogP contribution in [0, 0.1) is 0 Å². The van der Waals surface area contributed by atoms with Crippen molar-refractivity contribution in [1.82, 2.24) is 9.38 Å². The minimum Gasteiger partial charge on any atom is -0.388 e. The number of imidazole rings is 1. The summed E-state index contributed by atoms with van der Waals surface area (Å²) in [4.78, 5) is 5.65. The minimum atomic E-state index is 1.01. The molecule has 3 rings (SSSR count). The van der Waals surface area contributed by atoms with Gasteiger partial charge in [-0.05, 0) is 23.6 Å². The maximum Gasteiger partial charge on any atom is 0.154 e. The molecule has 0 aliphatic rings. The number of pyridine rings is 1. The number of hydrogen-bond acceptors (Lipinski definition) is 3. The van der Waals surface area contributed by atoms with Crippen LogP contribution < -0.4 is 5.32 Å². The first-order valence-electron chi connectivity index (χ1n) is 5.07. The predicted molar refractivity (Wildman–Crippen MR) is 68.1 cm³/mol. The van der Waals surface area contributed by atoms with Gasteiger partial charge < -0.3 is 5.32 Å². The Bertz CT molecular complexity index is 610. The molecule has 0 fully saturated rings. The van der Waals surface area contributed by atoms with E-state index in [0.717, 1.165) is 17.0 Å². The lowest BCUT2D eigenvalue weighted by atomic mass is 10.3. The summed E-state index contributed by atoms with van der Waals surface area (Å²) in [7, 11) is 1.92. The van der Waals surface area contributed by atoms with Crippen LogP contribution in [0.4, 0.5) is 5.69 Å². The molecule has 0 radical (unpaired) electrons. The molecule has 3 aromatic rings. The third-order valence-corrected chi connectivity index (χ3v) is 3.43. The highest BCUT2D eigenvalue weighted by Crippen LogP contribution is 2.25. The van der Waals surface area contributed by atoms with E-state index < -0.39 is 0 Å². The van der Waals surface area contributed by atoms with Gasteiger partial charge in [-0.1, -0.05) is 6.07 Å². The van der Waals surface area contributed by atoms with Crippen molar-refractivity contribution < 1.29 is 0 Å². The number of rotatable bonds is 2. The van der Waals surface area contributed by atoms with Crippen molar-refractivity contribution in [2.75, 3.05) is 12.4 Å². The van der Waals surface area contributed by atoms with Crippen LogP contribution in [0.15, 0.2) is 42.0 Å². The van der Waals surface area contributed by atoms with Crippen LogP contribution in [0.1, 0.15) is 0 Å². The van der Waals surface area contributed by atoms with E-state index in [4.69, 9.17) is 0 Å². The number of nitrogens with one attached hydrogen (secondary N) is 1. The number of nitrogens with zero attached hydrogens (tertiary/aromatic N) is 2. The van der Waals surface area contributed by atoms with E-state index in [-0.39, 0.29) is 0 Å². The zero-order chi connectivity index (χ0) is 11.0. The smallest absolute Gasteiger partial charge is 0.154 e. The number of thiophene rings is 1. The average Bonchev–Trinajstić information content (AvgIpc) is 2.96. The van der Waals surface area contributed by atoms with E-state index in [1.54, 1.807) is 11.3 Å². The summed E-state index contributed by atoms with van der Waals surface area (Å²) in [5.41, 5.74) is 2.21. The Morgan fingerprint density at radius 1 is 1.38 bits per heavy atom. The van der Waals surface area contributed by atoms with E-state index >= 15 is 0 Å². The van der Waals surface area contributed by atoms with Crippen LogP contribution in [0.2, 0.25) is 0 Å². The van der Waals surface area contributed by atoms with Crippen molar-refractivity contribution in [3.8, 4) is 10.7 Å². The molecule has 3 aromatic heterocycles. The van der Waals surface area contributed by atoms with Gasteiger partial charge >= 0.3 is 0 Å². The molecule has 4 heteroatoms. The van der Waals surface area contributed by atoms with Gasteiger partial charge in [0.25, 0.3) is 0 Å². The Kier molecular flexibility index (Phi) is 2.15. The van der Waals surface area contributed by atoms with Crippen LogP contribution >= 0.6 is 11.3 Å². The SMILES string of the molecule is CNc1ccn2c(-c3cccs3)ncc2c1. The van der Waals surface area contributed by atoms with E-state index in [1.807, 2.05) is 31.6 Å². The molecule has 0 aromatic carbocycles. The van der Waals surface area contributed by atoms with Gasteiger partial charge in [0.2, 0.25) is 0 Å². The number of hydrogen-bond donors (Lipinski definition) is 1. The maximum absolute atomic E-state index is 4.46. The molecular weight excluding hydrogens is 218 g/mol. The molecule has 80 valence electrons. The molecular formula is C12H11N3S. The molecule has 3 nitrogen and oxygen atoms in total. The molecule has 0 amide bonds. The monoisotopic (exact) mass is 229 g/mol. The van der Waals surface area contributed by atoms with Crippen molar-refractivity contribution in [2.24, 2.45) is 0 Å². The fourth-order valence-corrected chi connectivity index (χ4v) is 2.46. The van der Waals surface area contributed by atoms with Crippen molar-refractivity contribution in [2.45, 2.75) is 0 Å². The highest BCUT2D eigenvalue weighted by atomic mass is 32.1. The Morgan fingerprint density at radius 2 is 2.31 bits per heavy atom. The summed E-state index contributed by atoms with van der Waals surface area (Å²) in [6.07, 6.45) is 3.94. The van der Waals surface area contributed by atoms with Crippen LogP contribution in [0.25, 0.3) is 16.2 Å². The molecule has 0 atom stereocenters. The van der Waals surface area contributed by atoms with E-state index in [1.165, 1.54) is 4.88 Å². The van der Waals surface area contributed by atoms with Crippen LogP contribution in [-0.2, 0) is 0 Å². The highest BCUT2D eigenvalue weighted by molar-refractivity contribution is 7.13. The molecule has 0 saturated carbocycles. The lowest BCUT2D eigenvalue weighted by Gasteiger charge is -2.02. The van der Waals surface area contributed by atoms with E-state index in [9.17, 15) is 0 Å². The normalized spacial score (nSPS) is 10.8. The Morgan fingerprint density at radius 3 is 3.06 bits per heavy atom. The largest absolute Gasteiger partial charge is 0.388 e. The van der Waals surface area contributed by atoms with Gasteiger partial charge in [-0.2, -0.15) is 0 Å². The third-order valence-electron chi connectivity index (χ3n) is 2.56. The summed E-state index contributed by atoms with van der Waals surface area (Å²) in [5.74, 6) is 1.01. The summed E-state index contributed by atoms with van der Waals surface area (Å²) < 4.78 is 2.10. The fraction of sp³-hybridized carbons (Fsp3) is 0.0833. The van der Waals surface area contributed by atoms with Crippen molar-refractivity contribution >= 4 is 22.5 Å². The summed E-state index contributed by atoms with van der Waals surface area (Å²) in [6, 6.07) is 8.27. The molecule has 0 spiro atoms. The standard InChI is InChI=1S/C12H11N3S/c1-13-9-4-5-15-10(7-9)8-14-12(15)11-3-2-6-16-11/h2-8,13H,1H3. The van der Waals surface area contributed by atoms with Crippen LogP contribution in [-0.4, -0.2) is 16.4 Å². The van der Waals surface area contributed by atoms with Crippen molar-refractivity contribution in [1.29, 1.82) is 0 Å². The zero-order valence-electron chi connectivity index (χ0n) is 8.84. The fourth-order valence-electron chi connectivity index (χ4n) is 1.74. The topological polar surface area (TPSA) is 29.3 Å². The predicted octanol–water partition coefficient (Wildman–Crippen LogP) is 3.10. The molecule has 0 unspecified atom stereocenters. The maximum atomic E-state index is 4.46. The first-order chi connectivity index (χ1) is 7.88. The number of aromatic nitrogens is 2. The van der Waals surface area contributed by atoms with Gasteiger partial charge in [0.15, 0.2) is 5.82 Å². The van der Waals surface area contributed by atoms with Gasteiger partial charge in [-0.25, -0.2) is 4.98 Å². The summed E-state index contributed by atoms with van der Waals surface area (Å²) in [5, 5.41) is 5.19. The lowest BCUT2D eigenvalue weighted by Crippen LogP contribution is -1.91. The molecule has 16 heavy (non-hydrogen) atoms. The second kappa shape index (κ2) is 3.64. The first kappa shape index (κ1) is 9.42. The summed E-state index contributed by atoms with van der Waals surface area (Å²) in [6.45, 7) is 0. The minimum absolute atomic E-state index is 1.01. The molecule has 0 saturated heterocycles. The second-order valence-corrected chi connectivity index (χ2v) is 4.47. The first-order valence-corrected chi connectivity index (χ1v) is 5.95. The van der Waals surface area contributed by atoms with Gasteiger partial charge in [0.05, 0.1) is 16.6 Å². The highest BCUT2D eigenvalue weighted by Gasteiger charge is 2.06. The second-order valence-electron chi connectivity index (χ2n) is 3.52. The molecule has 1 N–H and O–H groups in total. The zero-order valence-corrected chi connectivity index (χ0v) is 9.66. The van der Waals surface area contributed by atoms with Crippen molar-refractivity contribution in [3.63, 3.8) is 0 Å². The molecule has 3 heterocycles. The van der Waals surface area contributed by atoms with Crippen LogP contribution in [0.3, 0.4) is 0 Å². The molecule has 0 aliphatic heterocycles. The number of fused-ring (bicyclic) bond motifs is 1. The lowest BCUT2D eigenvalue weighted by molar-refractivity contribution is 1.17. The Labute approximate surface area is 97.4 Å². The van der Waals surface area contributed by atoms with Gasteiger partial charge in [0, 0.05) is 18.9 Å². The van der Waals surface area contributed by atoms with E-state index in [2.05, 4.69) is 32.2 Å². The molecule has 0 aliphatic carbocycles. The third kappa shape index (κ3) is 1.39. The van der Waals surface area contributed by atoms with Gasteiger partial charge in [-0.15, -0.1) is 11.3 Å².